The van der Waals surface area contributed by atoms with E-state index in [0.717, 1.165) is 17.0 Å². The van der Waals surface area contributed by atoms with Gasteiger partial charge in [0.15, 0.2) is 0 Å². The normalized spacial score (nSPS) is 16.5. The number of nitrogens with zero attached hydrogens (tertiary/aromatic N) is 2. The van der Waals surface area contributed by atoms with Gasteiger partial charge in [0, 0.05) is 18.7 Å². The molecule has 6 heteroatoms. The molecule has 4 rings (SSSR count). The molecule has 154 valence electrons. The lowest BCUT2D eigenvalue weighted by atomic mass is 10.1. The predicted molar refractivity (Wildman–Crippen MR) is 109 cm³/mol. The van der Waals surface area contributed by atoms with E-state index < -0.39 is 0 Å². The lowest BCUT2D eigenvalue weighted by Gasteiger charge is -2.33. The summed E-state index contributed by atoms with van der Waals surface area (Å²) >= 11 is 0. The highest BCUT2D eigenvalue weighted by Crippen LogP contribution is 2.22. The van der Waals surface area contributed by atoms with Crippen molar-refractivity contribution >= 4 is 5.91 Å². The molecule has 3 aromatic rings. The predicted octanol–water partition coefficient (Wildman–Crippen LogP) is 4.09. The van der Waals surface area contributed by atoms with Gasteiger partial charge in [0.25, 0.3) is 0 Å². The van der Waals surface area contributed by atoms with E-state index in [1.807, 2.05) is 18.2 Å². The molecule has 2 aromatic carbocycles. The van der Waals surface area contributed by atoms with E-state index in [0.29, 0.717) is 31.7 Å². The Kier molecular flexibility index (Phi) is 6.14. The summed E-state index contributed by atoms with van der Waals surface area (Å²) < 4.78 is 32.9. The van der Waals surface area contributed by atoms with Crippen molar-refractivity contribution in [2.45, 2.75) is 18.9 Å². The molecule has 1 aliphatic heterocycles. The van der Waals surface area contributed by atoms with Crippen LogP contribution in [0.4, 0.5) is 8.78 Å². The Labute approximate surface area is 174 Å². The van der Waals surface area contributed by atoms with E-state index in [4.69, 9.17) is 4.74 Å². The molecule has 1 aromatic heterocycles. The van der Waals surface area contributed by atoms with Crippen molar-refractivity contribution in [3.05, 3.63) is 101 Å². The lowest BCUT2D eigenvalue weighted by molar-refractivity contribution is -0.138. The van der Waals surface area contributed by atoms with Crippen LogP contribution in [0.25, 0.3) is 0 Å². The zero-order valence-corrected chi connectivity index (χ0v) is 16.4. The number of halogens is 2. The first-order chi connectivity index (χ1) is 14.6. The zero-order chi connectivity index (χ0) is 20.9. The summed E-state index contributed by atoms with van der Waals surface area (Å²) in [5, 5.41) is 0. The molecule has 4 nitrogen and oxygen atoms in total. The SMILES string of the molecule is O=C(Cc1ccc(F)cc1)N1CCO[C@@H](c2cccc(Cc3ccccc3F)n2)C1. The number of benzene rings is 2. The van der Waals surface area contributed by atoms with Gasteiger partial charge < -0.3 is 9.64 Å². The summed E-state index contributed by atoms with van der Waals surface area (Å²) in [6.45, 7) is 1.32. The van der Waals surface area contributed by atoms with Gasteiger partial charge in [0.1, 0.15) is 17.7 Å². The van der Waals surface area contributed by atoms with Gasteiger partial charge in [-0.15, -0.1) is 0 Å². The Morgan fingerprint density at radius 3 is 2.63 bits per heavy atom. The molecule has 0 radical (unpaired) electrons. The summed E-state index contributed by atoms with van der Waals surface area (Å²) in [6.07, 6.45) is 0.269. The Morgan fingerprint density at radius 1 is 1.03 bits per heavy atom. The third-order valence-electron chi connectivity index (χ3n) is 5.18. The van der Waals surface area contributed by atoms with E-state index in [1.54, 1.807) is 35.2 Å². The van der Waals surface area contributed by atoms with E-state index >= 15 is 0 Å². The Morgan fingerprint density at radius 2 is 1.83 bits per heavy atom. The van der Waals surface area contributed by atoms with Crippen molar-refractivity contribution in [1.82, 2.24) is 9.88 Å². The number of pyridine rings is 1. The maximum Gasteiger partial charge on any atom is 0.227 e. The van der Waals surface area contributed by atoms with Gasteiger partial charge in [-0.2, -0.15) is 0 Å². The molecule has 0 bridgehead atoms. The molecule has 1 aliphatic rings. The largest absolute Gasteiger partial charge is 0.368 e. The standard InChI is InChI=1S/C24H22F2N2O2/c25-19-10-8-17(9-11-19)14-24(29)28-12-13-30-23(16-28)22-7-3-5-20(27-22)15-18-4-1-2-6-21(18)26/h1-11,23H,12-16H2/t23-/m1/s1. The van der Waals surface area contributed by atoms with Gasteiger partial charge in [-0.1, -0.05) is 36.4 Å². The maximum atomic E-state index is 14.0. The first-order valence-electron chi connectivity index (χ1n) is 9.91. The van der Waals surface area contributed by atoms with Crippen LogP contribution in [0.3, 0.4) is 0 Å². The number of amides is 1. The third kappa shape index (κ3) is 4.89. The van der Waals surface area contributed by atoms with Crippen LogP contribution in [0.15, 0.2) is 66.7 Å². The van der Waals surface area contributed by atoms with Gasteiger partial charge in [-0.3, -0.25) is 9.78 Å². The van der Waals surface area contributed by atoms with Crippen LogP contribution in [0, 0.1) is 11.6 Å². The van der Waals surface area contributed by atoms with Gasteiger partial charge in [0.05, 0.1) is 25.3 Å². The molecule has 2 heterocycles. The van der Waals surface area contributed by atoms with E-state index in [1.165, 1.54) is 18.2 Å². The van der Waals surface area contributed by atoms with Crippen LogP contribution < -0.4 is 0 Å². The Hall–Kier alpha value is -3.12. The summed E-state index contributed by atoms with van der Waals surface area (Å²) in [4.78, 5) is 19.1. The molecule has 0 spiro atoms. The van der Waals surface area contributed by atoms with Crippen molar-refractivity contribution in [1.29, 1.82) is 0 Å². The van der Waals surface area contributed by atoms with Crippen molar-refractivity contribution in [3.63, 3.8) is 0 Å². The minimum absolute atomic E-state index is 0.0302. The number of hydrogen-bond acceptors (Lipinski definition) is 3. The molecule has 1 fully saturated rings. The van der Waals surface area contributed by atoms with Crippen molar-refractivity contribution in [2.75, 3.05) is 19.7 Å². The summed E-state index contributed by atoms with van der Waals surface area (Å²) in [7, 11) is 0. The smallest absolute Gasteiger partial charge is 0.227 e. The summed E-state index contributed by atoms with van der Waals surface area (Å²) in [5.74, 6) is -0.604. The van der Waals surface area contributed by atoms with Crippen molar-refractivity contribution < 1.29 is 18.3 Å². The van der Waals surface area contributed by atoms with Gasteiger partial charge in [-0.25, -0.2) is 8.78 Å². The number of carbonyl (C=O) groups excluding carboxylic acids is 1. The van der Waals surface area contributed by atoms with Gasteiger partial charge >= 0.3 is 0 Å². The Bertz CT molecular complexity index is 1020. The second-order valence-corrected chi connectivity index (χ2v) is 7.32. The first-order valence-corrected chi connectivity index (χ1v) is 9.91. The molecule has 0 saturated carbocycles. The maximum absolute atomic E-state index is 14.0. The first kappa shape index (κ1) is 20.2. The van der Waals surface area contributed by atoms with E-state index in [-0.39, 0.29) is 30.1 Å². The molecule has 0 aliphatic carbocycles. The molecule has 1 atom stereocenters. The summed E-state index contributed by atoms with van der Waals surface area (Å²) in [6, 6.07) is 18.2. The number of rotatable bonds is 5. The zero-order valence-electron chi connectivity index (χ0n) is 16.4. The molecule has 0 N–H and O–H groups in total. The fourth-order valence-corrected chi connectivity index (χ4v) is 3.56. The molecule has 0 unspecified atom stereocenters. The molecule has 1 saturated heterocycles. The fraction of sp³-hybridized carbons (Fsp3) is 0.250. The van der Waals surface area contributed by atoms with Crippen LogP contribution in [0.2, 0.25) is 0 Å². The minimum atomic E-state index is -0.337. The van der Waals surface area contributed by atoms with Crippen LogP contribution >= 0.6 is 0 Å². The van der Waals surface area contributed by atoms with Crippen LogP contribution in [0.1, 0.15) is 28.6 Å². The highest BCUT2D eigenvalue weighted by Gasteiger charge is 2.26. The van der Waals surface area contributed by atoms with E-state index in [9.17, 15) is 13.6 Å². The van der Waals surface area contributed by atoms with Crippen LogP contribution in [0.5, 0.6) is 0 Å². The van der Waals surface area contributed by atoms with Gasteiger partial charge in [-0.05, 0) is 41.5 Å². The summed E-state index contributed by atoms with van der Waals surface area (Å²) in [5.41, 5.74) is 2.83. The quantitative estimate of drug-likeness (QED) is 0.639. The lowest BCUT2D eigenvalue weighted by Crippen LogP contribution is -2.43. The average Bonchev–Trinajstić information content (AvgIpc) is 2.77. The monoisotopic (exact) mass is 408 g/mol. The number of ether oxygens (including phenoxy) is 1. The third-order valence-corrected chi connectivity index (χ3v) is 5.18. The Balaban J connectivity index is 1.43. The minimum Gasteiger partial charge on any atom is -0.368 e. The molecule has 30 heavy (non-hydrogen) atoms. The van der Waals surface area contributed by atoms with Crippen LogP contribution in [-0.4, -0.2) is 35.5 Å². The number of morpholine rings is 1. The second kappa shape index (κ2) is 9.13. The van der Waals surface area contributed by atoms with E-state index in [2.05, 4.69) is 4.98 Å². The average molecular weight is 408 g/mol. The number of aromatic nitrogens is 1. The number of carbonyl (C=O) groups is 1. The molecule has 1 amide bonds. The van der Waals surface area contributed by atoms with Crippen molar-refractivity contribution in [2.24, 2.45) is 0 Å². The van der Waals surface area contributed by atoms with Crippen molar-refractivity contribution in [3.8, 4) is 0 Å². The molecular formula is C24H22F2N2O2. The second-order valence-electron chi connectivity index (χ2n) is 7.32. The highest BCUT2D eigenvalue weighted by molar-refractivity contribution is 5.78. The highest BCUT2D eigenvalue weighted by atomic mass is 19.1. The number of hydrogen-bond donors (Lipinski definition) is 0. The molecular weight excluding hydrogens is 386 g/mol. The fourth-order valence-electron chi connectivity index (χ4n) is 3.56. The topological polar surface area (TPSA) is 42.4 Å². The van der Waals surface area contributed by atoms with Crippen LogP contribution in [-0.2, 0) is 22.4 Å². The van der Waals surface area contributed by atoms with Gasteiger partial charge in [0.2, 0.25) is 5.91 Å².